The van der Waals surface area contributed by atoms with E-state index in [1.54, 1.807) is 25.3 Å². The van der Waals surface area contributed by atoms with Crippen LogP contribution in [0, 0.1) is 0 Å². The van der Waals surface area contributed by atoms with Crippen molar-refractivity contribution < 1.29 is 14.3 Å². The number of halogens is 1. The average Bonchev–Trinajstić information content (AvgIpc) is 2.27. The first-order valence-corrected chi connectivity index (χ1v) is 5.60. The Morgan fingerprint density at radius 1 is 1.62 bits per heavy atom. The van der Waals surface area contributed by atoms with Gasteiger partial charge in [0.15, 0.2) is 0 Å². The van der Waals surface area contributed by atoms with Crippen LogP contribution < -0.4 is 4.74 Å². The molecule has 0 unspecified atom stereocenters. The molecule has 0 aromatic carbocycles. The smallest absolute Gasteiger partial charge is 0.330 e. The van der Waals surface area contributed by atoms with Gasteiger partial charge in [-0.05, 0) is 41.1 Å². The van der Waals surface area contributed by atoms with E-state index >= 15 is 0 Å². The minimum atomic E-state index is -0.369. The largest absolute Gasteiger partial charge is 0.473 e. The molecule has 0 spiro atoms. The van der Waals surface area contributed by atoms with Gasteiger partial charge in [0.1, 0.15) is 6.61 Å². The van der Waals surface area contributed by atoms with Gasteiger partial charge in [0.05, 0.1) is 11.1 Å². The Balaban J connectivity index is 2.36. The van der Waals surface area contributed by atoms with E-state index in [2.05, 4.69) is 20.9 Å². The van der Waals surface area contributed by atoms with E-state index in [4.69, 9.17) is 9.47 Å². The lowest BCUT2D eigenvalue weighted by Crippen LogP contribution is -2.01. The molecular formula is C11H12BrNO3. The molecule has 16 heavy (non-hydrogen) atoms. The topological polar surface area (TPSA) is 48.4 Å². The zero-order valence-corrected chi connectivity index (χ0v) is 10.4. The summed E-state index contributed by atoms with van der Waals surface area (Å²) in [4.78, 5) is 14.9. The molecule has 0 aliphatic carbocycles. The van der Waals surface area contributed by atoms with Crippen LogP contribution in [0.15, 0.2) is 35.0 Å². The van der Waals surface area contributed by atoms with E-state index in [9.17, 15) is 4.79 Å². The Morgan fingerprint density at radius 3 is 3.12 bits per heavy atom. The first kappa shape index (κ1) is 12.7. The third-order valence-electron chi connectivity index (χ3n) is 1.58. The molecule has 0 amide bonds. The zero-order valence-electron chi connectivity index (χ0n) is 8.85. The molecular weight excluding hydrogens is 274 g/mol. The van der Waals surface area contributed by atoms with Crippen molar-refractivity contribution in [1.82, 2.24) is 4.98 Å². The van der Waals surface area contributed by atoms with E-state index in [1.165, 1.54) is 6.08 Å². The van der Waals surface area contributed by atoms with Crippen LogP contribution in [0.1, 0.15) is 6.92 Å². The lowest BCUT2D eigenvalue weighted by atomic mass is 10.5. The second-order valence-corrected chi connectivity index (χ2v) is 3.61. The quantitative estimate of drug-likeness (QED) is 0.615. The summed E-state index contributed by atoms with van der Waals surface area (Å²) in [7, 11) is 0. The van der Waals surface area contributed by atoms with Gasteiger partial charge >= 0.3 is 5.97 Å². The lowest BCUT2D eigenvalue weighted by molar-refractivity contribution is -0.137. The fourth-order valence-electron chi connectivity index (χ4n) is 0.939. The number of pyridine rings is 1. The van der Waals surface area contributed by atoms with Gasteiger partial charge in [-0.15, -0.1) is 0 Å². The highest BCUT2D eigenvalue weighted by Crippen LogP contribution is 2.20. The highest BCUT2D eigenvalue weighted by Gasteiger charge is 1.99. The zero-order chi connectivity index (χ0) is 11.8. The maximum absolute atomic E-state index is 10.9. The number of nitrogens with zero attached hydrogens (tertiary/aromatic N) is 1. The number of esters is 1. The van der Waals surface area contributed by atoms with Gasteiger partial charge in [-0.25, -0.2) is 9.78 Å². The number of aromatic nitrogens is 1. The van der Waals surface area contributed by atoms with Crippen molar-refractivity contribution in [3.8, 4) is 5.88 Å². The van der Waals surface area contributed by atoms with E-state index in [-0.39, 0.29) is 12.6 Å². The van der Waals surface area contributed by atoms with Crippen LogP contribution >= 0.6 is 15.9 Å². The molecule has 0 aliphatic heterocycles. The van der Waals surface area contributed by atoms with Gasteiger partial charge in [-0.1, -0.05) is 0 Å². The molecule has 4 nitrogen and oxygen atoms in total. The van der Waals surface area contributed by atoms with Gasteiger partial charge in [-0.2, -0.15) is 0 Å². The van der Waals surface area contributed by atoms with Gasteiger partial charge in [0, 0.05) is 12.3 Å². The van der Waals surface area contributed by atoms with Gasteiger partial charge < -0.3 is 9.47 Å². The van der Waals surface area contributed by atoms with E-state index in [1.807, 2.05) is 6.07 Å². The van der Waals surface area contributed by atoms with Crippen LogP contribution in [-0.4, -0.2) is 24.2 Å². The van der Waals surface area contributed by atoms with Crippen LogP contribution in [-0.2, 0) is 9.53 Å². The maximum atomic E-state index is 10.9. The summed E-state index contributed by atoms with van der Waals surface area (Å²) >= 11 is 3.30. The first-order chi connectivity index (χ1) is 7.74. The third-order valence-corrected chi connectivity index (χ3v) is 2.19. The second-order valence-electron chi connectivity index (χ2n) is 2.76. The average molecular weight is 286 g/mol. The van der Waals surface area contributed by atoms with Gasteiger partial charge in [0.25, 0.3) is 0 Å². The van der Waals surface area contributed by atoms with E-state index in [0.29, 0.717) is 12.5 Å². The SMILES string of the molecule is CCOC(=O)/C=C/COc1ncccc1Br. The third kappa shape index (κ3) is 4.44. The number of carbonyl (C=O) groups is 1. The Bertz CT molecular complexity index is 379. The van der Waals surface area contributed by atoms with Crippen molar-refractivity contribution in [1.29, 1.82) is 0 Å². The molecule has 1 aromatic heterocycles. The monoisotopic (exact) mass is 285 g/mol. The number of hydrogen-bond donors (Lipinski definition) is 0. The second kappa shape index (κ2) is 7.00. The number of hydrogen-bond acceptors (Lipinski definition) is 4. The van der Waals surface area contributed by atoms with E-state index in [0.717, 1.165) is 4.47 Å². The molecule has 0 bridgehead atoms. The molecule has 0 radical (unpaired) electrons. The fourth-order valence-corrected chi connectivity index (χ4v) is 1.31. The molecule has 0 N–H and O–H groups in total. The van der Waals surface area contributed by atoms with Crippen LogP contribution in [0.25, 0.3) is 0 Å². The predicted octanol–water partition coefficient (Wildman–Crippen LogP) is 2.34. The summed E-state index contributed by atoms with van der Waals surface area (Å²) in [6, 6.07) is 3.63. The van der Waals surface area contributed by atoms with Gasteiger partial charge in [-0.3, -0.25) is 0 Å². The highest BCUT2D eigenvalue weighted by molar-refractivity contribution is 9.10. The number of ether oxygens (including phenoxy) is 2. The Kier molecular flexibility index (Phi) is 5.56. The lowest BCUT2D eigenvalue weighted by Gasteiger charge is -2.02. The van der Waals surface area contributed by atoms with Crippen LogP contribution in [0.2, 0.25) is 0 Å². The van der Waals surface area contributed by atoms with Gasteiger partial charge in [0.2, 0.25) is 5.88 Å². The summed E-state index contributed by atoms with van der Waals surface area (Å²) in [5, 5.41) is 0. The van der Waals surface area contributed by atoms with Crippen molar-refractivity contribution in [2.75, 3.05) is 13.2 Å². The van der Waals surface area contributed by atoms with Crippen molar-refractivity contribution in [2.24, 2.45) is 0 Å². The normalized spacial score (nSPS) is 10.4. The summed E-state index contributed by atoms with van der Waals surface area (Å²) in [5.41, 5.74) is 0. The molecule has 0 atom stereocenters. The molecule has 1 heterocycles. The molecule has 5 heteroatoms. The molecule has 0 aliphatic rings. The minimum absolute atomic E-state index is 0.272. The summed E-state index contributed by atoms with van der Waals surface area (Å²) in [6.45, 7) is 2.40. The van der Waals surface area contributed by atoms with Crippen LogP contribution in [0.3, 0.4) is 0 Å². The Hall–Kier alpha value is -1.36. The summed E-state index contributed by atoms with van der Waals surface area (Å²) in [5.74, 6) is 0.127. The molecule has 0 saturated heterocycles. The molecule has 0 saturated carbocycles. The molecule has 1 aromatic rings. The van der Waals surface area contributed by atoms with Crippen molar-refractivity contribution in [2.45, 2.75) is 6.92 Å². The fraction of sp³-hybridized carbons (Fsp3) is 0.273. The van der Waals surface area contributed by atoms with E-state index < -0.39 is 0 Å². The molecule has 0 fully saturated rings. The summed E-state index contributed by atoms with van der Waals surface area (Å²) in [6.07, 6.45) is 4.55. The predicted molar refractivity (Wildman–Crippen MR) is 63.2 cm³/mol. The first-order valence-electron chi connectivity index (χ1n) is 4.80. The van der Waals surface area contributed by atoms with Crippen LogP contribution in [0.5, 0.6) is 5.88 Å². The highest BCUT2D eigenvalue weighted by atomic mass is 79.9. The Labute approximate surface area is 102 Å². The van der Waals surface area contributed by atoms with Crippen molar-refractivity contribution in [3.63, 3.8) is 0 Å². The maximum Gasteiger partial charge on any atom is 0.330 e. The Morgan fingerprint density at radius 2 is 2.44 bits per heavy atom. The number of carbonyl (C=O) groups excluding carboxylic acids is 1. The minimum Gasteiger partial charge on any atom is -0.473 e. The van der Waals surface area contributed by atoms with Crippen molar-refractivity contribution >= 4 is 21.9 Å². The standard InChI is InChI=1S/C11H12BrNO3/c1-2-15-10(14)6-4-8-16-11-9(12)5-3-7-13-11/h3-7H,2,8H2,1H3/b6-4+. The number of rotatable bonds is 5. The summed E-state index contributed by atoms with van der Waals surface area (Å²) < 4.78 is 10.8. The molecule has 1 rings (SSSR count). The van der Waals surface area contributed by atoms with Crippen LogP contribution in [0.4, 0.5) is 0 Å². The van der Waals surface area contributed by atoms with Crippen molar-refractivity contribution in [3.05, 3.63) is 35.0 Å². The molecule has 86 valence electrons.